The Hall–Kier alpha value is -2.06. The lowest BCUT2D eigenvalue weighted by atomic mass is 10.2. The van der Waals surface area contributed by atoms with Crippen molar-refractivity contribution in [2.45, 2.75) is 6.61 Å². The molecule has 0 aliphatic carbocycles. The normalized spacial score (nSPS) is 10.8. The number of benzene rings is 1. The quantitative estimate of drug-likeness (QED) is 0.607. The second-order valence-electron chi connectivity index (χ2n) is 3.31. The Bertz CT molecular complexity index is 592. The van der Waals surface area contributed by atoms with Crippen LogP contribution in [0.3, 0.4) is 0 Å². The summed E-state index contributed by atoms with van der Waals surface area (Å²) in [6.07, 6.45) is 0. The van der Waals surface area contributed by atoms with Gasteiger partial charge in [0.05, 0.1) is 5.69 Å². The summed E-state index contributed by atoms with van der Waals surface area (Å²) in [4.78, 5) is 15.5. The van der Waals surface area contributed by atoms with Crippen LogP contribution in [0.1, 0.15) is 5.56 Å². The molecule has 17 heavy (non-hydrogen) atoms. The molecule has 0 spiro atoms. The second-order valence-corrected chi connectivity index (χ2v) is 3.31. The van der Waals surface area contributed by atoms with Crippen LogP contribution in [0.4, 0.5) is 4.39 Å². The minimum atomic E-state index is -0.603. The van der Waals surface area contributed by atoms with E-state index in [-0.39, 0.29) is 17.9 Å². The standard InChI is InChI=1S/C9H9FN4O3/c1-13-9(15)14(12-11-13)8-4-2-3-7(10)6(8)5-17-16/h2-4,16H,5H2,1H3. The first kappa shape index (κ1) is 11.4. The van der Waals surface area contributed by atoms with Crippen LogP contribution < -0.4 is 5.69 Å². The number of aryl methyl sites for hydroxylation is 1. The van der Waals surface area contributed by atoms with Crippen LogP contribution in [-0.4, -0.2) is 25.0 Å². The fraction of sp³-hybridized carbons (Fsp3) is 0.222. The predicted molar refractivity (Wildman–Crippen MR) is 54.0 cm³/mol. The zero-order valence-corrected chi connectivity index (χ0v) is 8.87. The molecule has 1 aromatic carbocycles. The third kappa shape index (κ3) is 1.95. The first-order valence-electron chi connectivity index (χ1n) is 4.68. The maximum Gasteiger partial charge on any atom is 0.368 e. The van der Waals surface area contributed by atoms with Crippen molar-refractivity contribution >= 4 is 0 Å². The van der Waals surface area contributed by atoms with Crippen molar-refractivity contribution in [2.24, 2.45) is 7.05 Å². The summed E-state index contributed by atoms with van der Waals surface area (Å²) in [6.45, 7) is -0.384. The molecule has 2 aromatic rings. The lowest BCUT2D eigenvalue weighted by molar-refractivity contribution is -0.253. The van der Waals surface area contributed by atoms with Gasteiger partial charge in [-0.1, -0.05) is 6.07 Å². The number of tetrazole rings is 1. The van der Waals surface area contributed by atoms with Gasteiger partial charge in [-0.2, -0.15) is 9.36 Å². The zero-order valence-electron chi connectivity index (χ0n) is 8.87. The van der Waals surface area contributed by atoms with E-state index in [9.17, 15) is 9.18 Å². The minimum absolute atomic E-state index is 0.0256. The van der Waals surface area contributed by atoms with Crippen molar-refractivity contribution in [3.8, 4) is 5.69 Å². The molecule has 7 nitrogen and oxygen atoms in total. The van der Waals surface area contributed by atoms with Crippen molar-refractivity contribution in [2.75, 3.05) is 0 Å². The van der Waals surface area contributed by atoms with Gasteiger partial charge in [-0.05, 0) is 22.6 Å². The molecule has 0 radical (unpaired) electrons. The summed E-state index contributed by atoms with van der Waals surface area (Å²) in [6, 6.07) is 4.10. The van der Waals surface area contributed by atoms with Gasteiger partial charge >= 0.3 is 5.69 Å². The highest BCUT2D eigenvalue weighted by Crippen LogP contribution is 2.16. The van der Waals surface area contributed by atoms with E-state index in [1.807, 2.05) is 0 Å². The van der Waals surface area contributed by atoms with Crippen LogP contribution in [0.25, 0.3) is 5.69 Å². The highest BCUT2D eigenvalue weighted by atomic mass is 19.1. The summed E-state index contributed by atoms with van der Waals surface area (Å²) in [7, 11) is 1.42. The molecule has 0 unspecified atom stereocenters. The number of hydrogen-bond acceptors (Lipinski definition) is 5. The average Bonchev–Trinajstić information content (AvgIpc) is 2.63. The smallest absolute Gasteiger partial charge is 0.251 e. The molecule has 1 aromatic heterocycles. The van der Waals surface area contributed by atoms with Crippen LogP contribution in [-0.2, 0) is 18.5 Å². The third-order valence-electron chi connectivity index (χ3n) is 2.25. The van der Waals surface area contributed by atoms with Gasteiger partial charge in [0.1, 0.15) is 12.4 Å². The van der Waals surface area contributed by atoms with Gasteiger partial charge in [0.2, 0.25) is 0 Å². The van der Waals surface area contributed by atoms with Crippen LogP contribution in [0.5, 0.6) is 0 Å². The molecule has 0 amide bonds. The lowest BCUT2D eigenvalue weighted by Crippen LogP contribution is -2.23. The summed E-state index contributed by atoms with van der Waals surface area (Å²) in [5.74, 6) is -0.603. The topological polar surface area (TPSA) is 82.2 Å². The van der Waals surface area contributed by atoms with Gasteiger partial charge in [-0.15, -0.1) is 0 Å². The van der Waals surface area contributed by atoms with Crippen LogP contribution in [0, 0.1) is 5.82 Å². The monoisotopic (exact) mass is 240 g/mol. The fourth-order valence-electron chi connectivity index (χ4n) is 1.42. The molecule has 0 saturated carbocycles. The van der Waals surface area contributed by atoms with E-state index < -0.39 is 11.5 Å². The predicted octanol–water partition coefficient (Wildman–Crippen LogP) is 0.0947. The minimum Gasteiger partial charge on any atom is -0.251 e. The van der Waals surface area contributed by atoms with E-state index in [2.05, 4.69) is 15.3 Å². The summed E-state index contributed by atoms with van der Waals surface area (Å²) in [5, 5.41) is 15.5. The van der Waals surface area contributed by atoms with E-state index in [1.165, 1.54) is 25.2 Å². The van der Waals surface area contributed by atoms with Gasteiger partial charge < -0.3 is 0 Å². The molecule has 0 atom stereocenters. The van der Waals surface area contributed by atoms with Gasteiger partial charge in [0.15, 0.2) is 0 Å². The Labute approximate surface area is 94.6 Å². The largest absolute Gasteiger partial charge is 0.368 e. The molecule has 0 bridgehead atoms. The van der Waals surface area contributed by atoms with Crippen LogP contribution in [0.2, 0.25) is 0 Å². The molecule has 0 aliphatic heterocycles. The van der Waals surface area contributed by atoms with Crippen molar-refractivity contribution in [3.05, 3.63) is 40.1 Å². The Balaban J connectivity index is 2.63. The van der Waals surface area contributed by atoms with E-state index in [1.54, 1.807) is 0 Å². The first-order valence-corrected chi connectivity index (χ1v) is 4.68. The maximum atomic E-state index is 13.5. The molecule has 1 N–H and O–H groups in total. The van der Waals surface area contributed by atoms with Gasteiger partial charge in [0, 0.05) is 12.6 Å². The van der Waals surface area contributed by atoms with Gasteiger partial charge in [0.25, 0.3) is 0 Å². The van der Waals surface area contributed by atoms with E-state index in [0.29, 0.717) is 0 Å². The molecule has 0 aliphatic rings. The Morgan fingerprint density at radius 1 is 1.47 bits per heavy atom. The molecule has 90 valence electrons. The fourth-order valence-corrected chi connectivity index (χ4v) is 1.42. The summed E-state index contributed by atoms with van der Waals surface area (Å²) in [5.41, 5.74) is -0.315. The molecule has 8 heteroatoms. The second kappa shape index (κ2) is 4.44. The number of rotatable bonds is 3. The number of nitrogens with zero attached hydrogens (tertiary/aromatic N) is 4. The van der Waals surface area contributed by atoms with E-state index in [4.69, 9.17) is 5.26 Å². The molecular weight excluding hydrogens is 231 g/mol. The van der Waals surface area contributed by atoms with Crippen LogP contribution >= 0.6 is 0 Å². The van der Waals surface area contributed by atoms with E-state index >= 15 is 0 Å². The van der Waals surface area contributed by atoms with Crippen molar-refractivity contribution < 1.29 is 14.5 Å². The average molecular weight is 240 g/mol. The number of halogens is 1. The molecule has 0 fully saturated rings. The number of hydrogen-bond donors (Lipinski definition) is 1. The summed E-state index contributed by atoms with van der Waals surface area (Å²) < 4.78 is 15.4. The lowest BCUT2D eigenvalue weighted by Gasteiger charge is -2.06. The number of aromatic nitrogens is 4. The van der Waals surface area contributed by atoms with Crippen molar-refractivity contribution in [1.82, 2.24) is 19.8 Å². The Kier molecular flexibility index (Phi) is 2.98. The maximum absolute atomic E-state index is 13.5. The molecular formula is C9H9FN4O3. The van der Waals surface area contributed by atoms with Gasteiger partial charge in [-0.3, -0.25) is 5.26 Å². The highest BCUT2D eigenvalue weighted by molar-refractivity contribution is 5.40. The SMILES string of the molecule is Cn1nnn(-c2cccc(F)c2COO)c1=O. The molecule has 2 rings (SSSR count). The van der Waals surface area contributed by atoms with Crippen LogP contribution in [0.15, 0.2) is 23.0 Å². The Morgan fingerprint density at radius 3 is 2.82 bits per heavy atom. The summed E-state index contributed by atoms with van der Waals surface area (Å²) >= 11 is 0. The highest BCUT2D eigenvalue weighted by Gasteiger charge is 2.14. The van der Waals surface area contributed by atoms with Crippen molar-refractivity contribution in [3.63, 3.8) is 0 Å². The van der Waals surface area contributed by atoms with E-state index in [0.717, 1.165) is 9.36 Å². The first-order chi connectivity index (χ1) is 8.15. The molecule has 1 heterocycles. The van der Waals surface area contributed by atoms with Crippen molar-refractivity contribution in [1.29, 1.82) is 0 Å². The molecule has 0 saturated heterocycles. The Morgan fingerprint density at radius 2 is 2.24 bits per heavy atom. The van der Waals surface area contributed by atoms with Gasteiger partial charge in [-0.25, -0.2) is 14.1 Å². The third-order valence-corrected chi connectivity index (χ3v) is 2.25. The zero-order chi connectivity index (χ0) is 12.4.